The summed E-state index contributed by atoms with van der Waals surface area (Å²) in [5.41, 5.74) is 6.60. The molecule has 0 saturated heterocycles. The largest absolute Gasteiger partial charge is 0.474 e. The van der Waals surface area contributed by atoms with Crippen LogP contribution in [0.5, 0.6) is 5.88 Å². The van der Waals surface area contributed by atoms with Gasteiger partial charge in [-0.2, -0.15) is 5.10 Å². The molecule has 7 heteroatoms. The summed E-state index contributed by atoms with van der Waals surface area (Å²) in [4.78, 5) is 4.30. The van der Waals surface area contributed by atoms with E-state index in [1.807, 2.05) is 72.0 Å². The molecule has 0 aliphatic heterocycles. The molecule has 0 aliphatic rings. The number of benzene rings is 1. The molecular formula is C20H19N5OS. The van der Waals surface area contributed by atoms with E-state index in [4.69, 9.17) is 4.74 Å². The van der Waals surface area contributed by atoms with E-state index in [-0.39, 0.29) is 6.10 Å². The highest BCUT2D eigenvalue weighted by atomic mass is 32.1. The molecule has 1 aromatic carbocycles. The first kappa shape index (κ1) is 17.4. The van der Waals surface area contributed by atoms with Gasteiger partial charge in [-0.15, -0.1) is 21.5 Å². The molecule has 4 aromatic rings. The van der Waals surface area contributed by atoms with Crippen molar-refractivity contribution in [3.63, 3.8) is 0 Å². The van der Waals surface area contributed by atoms with Crippen molar-refractivity contribution in [2.24, 2.45) is 0 Å². The van der Waals surface area contributed by atoms with Gasteiger partial charge in [-0.1, -0.05) is 18.2 Å². The molecular weight excluding hydrogens is 358 g/mol. The van der Waals surface area contributed by atoms with Crippen LogP contribution < -0.4 is 4.74 Å². The Bertz CT molecular complexity index is 1010. The van der Waals surface area contributed by atoms with Gasteiger partial charge in [0.05, 0.1) is 35.2 Å². The van der Waals surface area contributed by atoms with Crippen LogP contribution in [0, 0.1) is 0 Å². The van der Waals surface area contributed by atoms with Gasteiger partial charge in [-0.3, -0.25) is 4.68 Å². The standard InChI is InChI=1S/C20H19N5OS/c1-14(2)26-20-7-6-18(22-23-20)15-4-3-5-16(10-15)19-8-9-25(24-19)11-17-12-27-13-21-17/h3-10,12-14H,11H2,1-2H3. The summed E-state index contributed by atoms with van der Waals surface area (Å²) >= 11 is 1.59. The number of hydrogen-bond donors (Lipinski definition) is 0. The smallest absolute Gasteiger partial charge is 0.233 e. The normalized spacial score (nSPS) is 11.1. The zero-order chi connectivity index (χ0) is 18.6. The Morgan fingerprint density at radius 1 is 1.04 bits per heavy atom. The molecule has 27 heavy (non-hydrogen) atoms. The monoisotopic (exact) mass is 377 g/mol. The lowest BCUT2D eigenvalue weighted by molar-refractivity contribution is 0.230. The molecule has 4 rings (SSSR count). The number of ether oxygens (including phenoxy) is 1. The molecule has 6 nitrogen and oxygen atoms in total. The van der Waals surface area contributed by atoms with E-state index < -0.39 is 0 Å². The Kier molecular flexibility index (Phi) is 4.93. The maximum Gasteiger partial charge on any atom is 0.233 e. The van der Waals surface area contributed by atoms with E-state index in [9.17, 15) is 0 Å². The van der Waals surface area contributed by atoms with Crippen molar-refractivity contribution < 1.29 is 4.74 Å². The van der Waals surface area contributed by atoms with Crippen LogP contribution in [0.15, 0.2) is 59.6 Å². The first-order chi connectivity index (χ1) is 13.2. The third-order valence-corrected chi connectivity index (χ3v) is 4.53. The van der Waals surface area contributed by atoms with Gasteiger partial charge >= 0.3 is 0 Å². The van der Waals surface area contributed by atoms with E-state index in [2.05, 4.69) is 26.3 Å². The van der Waals surface area contributed by atoms with Gasteiger partial charge < -0.3 is 4.74 Å². The van der Waals surface area contributed by atoms with Crippen LogP contribution in [-0.2, 0) is 6.54 Å². The summed E-state index contributed by atoms with van der Waals surface area (Å²) in [6.07, 6.45) is 2.05. The van der Waals surface area contributed by atoms with Crippen LogP contribution in [-0.4, -0.2) is 31.1 Å². The van der Waals surface area contributed by atoms with Gasteiger partial charge in [-0.25, -0.2) is 4.98 Å². The fourth-order valence-corrected chi connectivity index (χ4v) is 3.25. The number of nitrogens with zero attached hydrogens (tertiary/aromatic N) is 5. The fourth-order valence-electron chi connectivity index (χ4n) is 2.70. The number of hydrogen-bond acceptors (Lipinski definition) is 6. The summed E-state index contributed by atoms with van der Waals surface area (Å²) in [5.74, 6) is 0.533. The average Bonchev–Trinajstić information content (AvgIpc) is 3.35. The molecule has 0 fully saturated rings. The highest BCUT2D eigenvalue weighted by Gasteiger charge is 2.08. The summed E-state index contributed by atoms with van der Waals surface area (Å²) in [6, 6.07) is 13.9. The third-order valence-electron chi connectivity index (χ3n) is 3.90. The first-order valence-electron chi connectivity index (χ1n) is 8.69. The van der Waals surface area contributed by atoms with E-state index in [0.717, 1.165) is 28.2 Å². The minimum absolute atomic E-state index is 0.0767. The van der Waals surface area contributed by atoms with E-state index in [1.165, 1.54) is 0 Å². The molecule has 0 spiro atoms. The molecule has 0 unspecified atom stereocenters. The molecule has 0 amide bonds. The molecule has 0 radical (unpaired) electrons. The number of aromatic nitrogens is 5. The molecule has 0 N–H and O–H groups in total. The second-order valence-corrected chi connectivity index (χ2v) is 7.10. The van der Waals surface area contributed by atoms with Crippen molar-refractivity contribution in [3.8, 4) is 28.4 Å². The molecule has 0 saturated carbocycles. The summed E-state index contributed by atoms with van der Waals surface area (Å²) in [6.45, 7) is 4.60. The summed E-state index contributed by atoms with van der Waals surface area (Å²) in [5, 5.41) is 15.1. The van der Waals surface area contributed by atoms with E-state index in [1.54, 1.807) is 11.3 Å². The van der Waals surface area contributed by atoms with Gasteiger partial charge in [0.15, 0.2) is 0 Å². The Hall–Kier alpha value is -3.06. The Morgan fingerprint density at radius 3 is 2.59 bits per heavy atom. The van der Waals surface area contributed by atoms with Crippen molar-refractivity contribution in [2.45, 2.75) is 26.5 Å². The van der Waals surface area contributed by atoms with Gasteiger partial charge in [0, 0.05) is 28.8 Å². The Balaban J connectivity index is 1.55. The van der Waals surface area contributed by atoms with Gasteiger partial charge in [0.1, 0.15) is 0 Å². The van der Waals surface area contributed by atoms with Crippen LogP contribution >= 0.6 is 11.3 Å². The second kappa shape index (κ2) is 7.67. The van der Waals surface area contributed by atoms with E-state index >= 15 is 0 Å². The highest BCUT2D eigenvalue weighted by molar-refractivity contribution is 7.07. The topological polar surface area (TPSA) is 65.7 Å². The van der Waals surface area contributed by atoms with Crippen LogP contribution in [0.4, 0.5) is 0 Å². The van der Waals surface area contributed by atoms with Crippen molar-refractivity contribution in [3.05, 3.63) is 65.2 Å². The highest BCUT2D eigenvalue weighted by Crippen LogP contribution is 2.25. The average molecular weight is 377 g/mol. The number of rotatable bonds is 6. The van der Waals surface area contributed by atoms with Crippen LogP contribution in [0.1, 0.15) is 19.5 Å². The van der Waals surface area contributed by atoms with Crippen LogP contribution in [0.2, 0.25) is 0 Å². The van der Waals surface area contributed by atoms with Crippen molar-refractivity contribution in [2.75, 3.05) is 0 Å². The molecule has 0 atom stereocenters. The summed E-state index contributed by atoms with van der Waals surface area (Å²) < 4.78 is 7.45. The minimum Gasteiger partial charge on any atom is -0.474 e. The summed E-state index contributed by atoms with van der Waals surface area (Å²) in [7, 11) is 0. The van der Waals surface area contributed by atoms with Crippen molar-refractivity contribution >= 4 is 11.3 Å². The van der Waals surface area contributed by atoms with Gasteiger partial charge in [-0.05, 0) is 32.0 Å². The lowest BCUT2D eigenvalue weighted by Gasteiger charge is -2.08. The van der Waals surface area contributed by atoms with Crippen molar-refractivity contribution in [1.82, 2.24) is 25.0 Å². The van der Waals surface area contributed by atoms with Crippen molar-refractivity contribution in [1.29, 1.82) is 0 Å². The Labute approximate surface area is 161 Å². The van der Waals surface area contributed by atoms with E-state index in [0.29, 0.717) is 12.4 Å². The van der Waals surface area contributed by atoms with Crippen LogP contribution in [0.3, 0.4) is 0 Å². The maximum atomic E-state index is 5.55. The predicted octanol–water partition coefficient (Wildman–Crippen LogP) is 4.30. The molecule has 3 heterocycles. The lowest BCUT2D eigenvalue weighted by atomic mass is 10.1. The lowest BCUT2D eigenvalue weighted by Crippen LogP contribution is -2.07. The molecule has 0 bridgehead atoms. The number of thiazole rings is 1. The minimum atomic E-state index is 0.0767. The molecule has 136 valence electrons. The SMILES string of the molecule is CC(C)Oc1ccc(-c2cccc(-c3ccn(Cc4cscn4)n3)c2)nn1. The fraction of sp³-hybridized carbons (Fsp3) is 0.200. The molecule has 3 aromatic heterocycles. The first-order valence-corrected chi connectivity index (χ1v) is 9.63. The molecule has 0 aliphatic carbocycles. The second-order valence-electron chi connectivity index (χ2n) is 6.38. The zero-order valence-electron chi connectivity index (χ0n) is 15.1. The third kappa shape index (κ3) is 4.20. The van der Waals surface area contributed by atoms with Gasteiger partial charge in [0.2, 0.25) is 5.88 Å². The maximum absolute atomic E-state index is 5.55. The quantitative estimate of drug-likeness (QED) is 0.501. The zero-order valence-corrected chi connectivity index (χ0v) is 15.9. The van der Waals surface area contributed by atoms with Gasteiger partial charge in [0.25, 0.3) is 0 Å². The predicted molar refractivity (Wildman–Crippen MR) is 106 cm³/mol. The Morgan fingerprint density at radius 2 is 1.89 bits per heavy atom. The van der Waals surface area contributed by atoms with Crippen LogP contribution in [0.25, 0.3) is 22.5 Å².